The highest BCUT2D eigenvalue weighted by molar-refractivity contribution is 9.09. The molecule has 1 aromatic carbocycles. The average molecular weight is 377 g/mol. The molecule has 1 aliphatic carbocycles. The highest BCUT2D eigenvalue weighted by atomic mass is 79.9. The van der Waals surface area contributed by atoms with Crippen LogP contribution >= 0.6 is 39.3 Å². The van der Waals surface area contributed by atoms with E-state index in [1.165, 1.54) is 12.8 Å². The van der Waals surface area contributed by atoms with E-state index in [-0.39, 0.29) is 11.9 Å². The molecule has 0 spiro atoms. The van der Waals surface area contributed by atoms with Gasteiger partial charge in [-0.2, -0.15) is 0 Å². The van der Waals surface area contributed by atoms with E-state index in [0.717, 1.165) is 17.7 Å². The van der Waals surface area contributed by atoms with Crippen molar-refractivity contribution in [2.24, 2.45) is 0 Å². The average Bonchev–Trinajstić information content (AvgIpc) is 2.47. The molecule has 5 heteroatoms. The van der Waals surface area contributed by atoms with Gasteiger partial charge in [-0.05, 0) is 37.3 Å². The monoisotopic (exact) mass is 375 g/mol. The highest BCUT2D eigenvalue weighted by Gasteiger charge is 2.30. The summed E-state index contributed by atoms with van der Waals surface area (Å²) in [5.74, 6) is 0.0160. The van der Waals surface area contributed by atoms with Crippen molar-refractivity contribution in [2.75, 3.05) is 13.3 Å². The minimum Gasteiger partial charge on any atom is -0.338 e. The Kier molecular flexibility index (Phi) is 5.82. The quantitative estimate of drug-likeness (QED) is 0.556. The van der Waals surface area contributed by atoms with Gasteiger partial charge in [0.2, 0.25) is 0 Å². The van der Waals surface area contributed by atoms with Gasteiger partial charge in [0, 0.05) is 22.8 Å². The van der Waals surface area contributed by atoms with Gasteiger partial charge in [0.25, 0.3) is 5.91 Å². The molecule has 20 heavy (non-hydrogen) atoms. The smallest absolute Gasteiger partial charge is 0.255 e. The van der Waals surface area contributed by atoms with Crippen LogP contribution in [0.25, 0.3) is 0 Å². The van der Waals surface area contributed by atoms with Crippen LogP contribution in [-0.4, -0.2) is 35.0 Å². The number of hydrogen-bond donors (Lipinski definition) is 0. The summed E-state index contributed by atoms with van der Waals surface area (Å²) in [4.78, 5) is 16.0. The number of amides is 1. The number of halogens is 2. The third kappa shape index (κ3) is 3.52. The molecule has 0 heterocycles. The summed E-state index contributed by atoms with van der Waals surface area (Å²) in [6.07, 6.45) is 6.59. The topological polar surface area (TPSA) is 20.3 Å². The number of carbonyl (C=O) groups excluding carboxylic acids is 1. The fraction of sp³-hybridized carbons (Fsp3) is 0.533. The molecule has 1 aromatic rings. The molecule has 0 radical (unpaired) electrons. The van der Waals surface area contributed by atoms with E-state index in [0.29, 0.717) is 15.4 Å². The molecule has 0 bridgehead atoms. The van der Waals surface area contributed by atoms with Crippen molar-refractivity contribution in [3.8, 4) is 0 Å². The summed E-state index contributed by atoms with van der Waals surface area (Å²) in [7, 11) is 1.88. The zero-order valence-electron chi connectivity index (χ0n) is 11.7. The maximum atomic E-state index is 12.7. The SMILES string of the molecule is CSc1ccc(Cl)c(C(=O)N(C)C2CCCCC2Br)c1. The first-order valence-corrected chi connectivity index (χ1v) is 9.31. The first-order chi connectivity index (χ1) is 9.54. The normalized spacial score (nSPS) is 22.6. The second-order valence-electron chi connectivity index (χ2n) is 5.13. The number of carbonyl (C=O) groups is 1. The summed E-state index contributed by atoms with van der Waals surface area (Å²) in [5, 5.41) is 0.529. The maximum Gasteiger partial charge on any atom is 0.255 e. The Labute approximate surface area is 138 Å². The number of nitrogens with zero attached hydrogens (tertiary/aromatic N) is 1. The molecule has 1 fully saturated rings. The molecule has 0 N–H and O–H groups in total. The minimum atomic E-state index is 0.0160. The van der Waals surface area contributed by atoms with Gasteiger partial charge in [0.15, 0.2) is 0 Å². The van der Waals surface area contributed by atoms with Gasteiger partial charge in [-0.3, -0.25) is 4.79 Å². The summed E-state index contributed by atoms with van der Waals surface area (Å²) in [5.41, 5.74) is 0.603. The molecular formula is C15H19BrClNOS. The number of rotatable bonds is 3. The number of thioether (sulfide) groups is 1. The van der Waals surface area contributed by atoms with Crippen molar-refractivity contribution >= 4 is 45.2 Å². The van der Waals surface area contributed by atoms with E-state index in [1.54, 1.807) is 17.8 Å². The molecule has 2 atom stereocenters. The van der Waals surface area contributed by atoms with Gasteiger partial charge in [-0.1, -0.05) is 40.4 Å². The van der Waals surface area contributed by atoms with E-state index in [9.17, 15) is 4.79 Å². The van der Waals surface area contributed by atoms with Gasteiger partial charge in [-0.15, -0.1) is 11.8 Å². The zero-order chi connectivity index (χ0) is 14.7. The first-order valence-electron chi connectivity index (χ1n) is 6.79. The molecule has 0 aliphatic heterocycles. The van der Waals surface area contributed by atoms with E-state index >= 15 is 0 Å². The van der Waals surface area contributed by atoms with Gasteiger partial charge in [0.05, 0.1) is 10.6 Å². The Hall–Kier alpha value is -0.190. The molecule has 0 aromatic heterocycles. The molecule has 2 unspecified atom stereocenters. The van der Waals surface area contributed by atoms with Crippen molar-refractivity contribution in [3.63, 3.8) is 0 Å². The number of hydrogen-bond acceptors (Lipinski definition) is 2. The van der Waals surface area contributed by atoms with Gasteiger partial charge in [-0.25, -0.2) is 0 Å². The minimum absolute atomic E-state index is 0.0160. The van der Waals surface area contributed by atoms with Crippen LogP contribution in [0.5, 0.6) is 0 Å². The molecule has 1 amide bonds. The number of alkyl halides is 1. The molecule has 2 rings (SSSR count). The lowest BCUT2D eigenvalue weighted by Crippen LogP contribution is -2.44. The summed E-state index contributed by atoms with van der Waals surface area (Å²) in [6, 6.07) is 5.89. The molecule has 0 saturated heterocycles. The fourth-order valence-electron chi connectivity index (χ4n) is 2.64. The van der Waals surface area contributed by atoms with Crippen LogP contribution in [0.4, 0.5) is 0 Å². The lowest BCUT2D eigenvalue weighted by atomic mass is 9.94. The Morgan fingerprint density at radius 3 is 2.75 bits per heavy atom. The third-order valence-corrected chi connectivity index (χ3v) is 5.99. The summed E-state index contributed by atoms with van der Waals surface area (Å²) >= 11 is 11.5. The first kappa shape index (κ1) is 16.2. The van der Waals surface area contributed by atoms with Crippen molar-refractivity contribution in [2.45, 2.75) is 41.4 Å². The lowest BCUT2D eigenvalue weighted by molar-refractivity contribution is 0.0704. The number of benzene rings is 1. The van der Waals surface area contributed by atoms with Crippen LogP contribution in [0.15, 0.2) is 23.1 Å². The Morgan fingerprint density at radius 2 is 2.10 bits per heavy atom. The largest absolute Gasteiger partial charge is 0.338 e. The van der Waals surface area contributed by atoms with Gasteiger partial charge < -0.3 is 4.90 Å². The maximum absolute atomic E-state index is 12.7. The van der Waals surface area contributed by atoms with E-state index in [1.807, 2.05) is 30.3 Å². The van der Waals surface area contributed by atoms with E-state index < -0.39 is 0 Å². The second-order valence-corrected chi connectivity index (χ2v) is 7.59. The predicted molar refractivity (Wildman–Crippen MR) is 90.3 cm³/mol. The Morgan fingerprint density at radius 1 is 1.40 bits per heavy atom. The highest BCUT2D eigenvalue weighted by Crippen LogP contribution is 2.30. The van der Waals surface area contributed by atoms with Crippen LogP contribution in [0, 0.1) is 0 Å². The Balaban J connectivity index is 2.21. The van der Waals surface area contributed by atoms with E-state index in [2.05, 4.69) is 15.9 Å². The Bertz CT molecular complexity index is 497. The summed E-state index contributed by atoms with van der Waals surface area (Å²) < 4.78 is 0. The molecule has 110 valence electrons. The van der Waals surface area contributed by atoms with Crippen LogP contribution in [0.1, 0.15) is 36.0 Å². The van der Waals surface area contributed by atoms with Crippen LogP contribution in [0.2, 0.25) is 5.02 Å². The standard InChI is InChI=1S/C15H19BrClNOS/c1-18(14-6-4-3-5-12(14)16)15(19)11-9-10(20-2)7-8-13(11)17/h7-9,12,14H,3-6H2,1-2H3. The second kappa shape index (κ2) is 7.19. The fourth-order valence-corrected chi connectivity index (χ4v) is 4.22. The van der Waals surface area contributed by atoms with Crippen LogP contribution in [-0.2, 0) is 0 Å². The van der Waals surface area contributed by atoms with Crippen molar-refractivity contribution in [1.82, 2.24) is 4.90 Å². The third-order valence-electron chi connectivity index (χ3n) is 3.87. The zero-order valence-corrected chi connectivity index (χ0v) is 14.9. The van der Waals surface area contributed by atoms with E-state index in [4.69, 9.17) is 11.6 Å². The lowest BCUT2D eigenvalue weighted by Gasteiger charge is -2.35. The van der Waals surface area contributed by atoms with Crippen molar-refractivity contribution in [1.29, 1.82) is 0 Å². The molecular weight excluding hydrogens is 358 g/mol. The van der Waals surface area contributed by atoms with Crippen molar-refractivity contribution in [3.05, 3.63) is 28.8 Å². The molecule has 2 nitrogen and oxygen atoms in total. The molecule has 1 saturated carbocycles. The van der Waals surface area contributed by atoms with Gasteiger partial charge in [0.1, 0.15) is 0 Å². The predicted octanol–water partition coefficient (Wildman–Crippen LogP) is 4.84. The van der Waals surface area contributed by atoms with Crippen LogP contribution < -0.4 is 0 Å². The summed E-state index contributed by atoms with van der Waals surface area (Å²) in [6.45, 7) is 0. The van der Waals surface area contributed by atoms with Gasteiger partial charge >= 0.3 is 0 Å². The van der Waals surface area contributed by atoms with Crippen LogP contribution in [0.3, 0.4) is 0 Å². The molecule has 1 aliphatic rings. The van der Waals surface area contributed by atoms with Crippen molar-refractivity contribution < 1.29 is 4.79 Å².